The summed E-state index contributed by atoms with van der Waals surface area (Å²) < 4.78 is 29.1. The summed E-state index contributed by atoms with van der Waals surface area (Å²) in [4.78, 5) is 8.32. The highest BCUT2D eigenvalue weighted by molar-refractivity contribution is 6.01. The lowest BCUT2D eigenvalue weighted by Gasteiger charge is -2.06. The minimum absolute atomic E-state index is 0.369. The molecule has 0 bridgehead atoms. The van der Waals surface area contributed by atoms with Gasteiger partial charge in [-0.05, 0) is 54.8 Å². The number of ether oxygens (including phenoxy) is 1. The first kappa shape index (κ1) is 18.6. The van der Waals surface area contributed by atoms with Gasteiger partial charge in [-0.3, -0.25) is 0 Å². The Morgan fingerprint density at radius 1 is 1.20 bits per heavy atom. The van der Waals surface area contributed by atoms with Gasteiger partial charge < -0.3 is 10.5 Å². The number of nitrogens with two attached hydrogens (primary N) is 1. The maximum absolute atomic E-state index is 12.1. The highest BCUT2D eigenvalue weighted by atomic mass is 19.3. The number of nitrogens with zero attached hydrogens (tertiary/aromatic N) is 2. The van der Waals surface area contributed by atoms with Gasteiger partial charge in [-0.2, -0.15) is 0 Å². The molecule has 2 aromatic rings. The van der Waals surface area contributed by atoms with E-state index in [1.807, 2.05) is 18.2 Å². The van der Waals surface area contributed by atoms with E-state index >= 15 is 0 Å². The van der Waals surface area contributed by atoms with E-state index in [9.17, 15) is 8.78 Å². The molecule has 0 aromatic heterocycles. The summed E-state index contributed by atoms with van der Waals surface area (Å²) in [6.07, 6.45) is -0.193. The molecular formula is C19H21F2N3O. The van der Waals surface area contributed by atoms with Crippen molar-refractivity contribution in [3.8, 4) is 5.75 Å². The van der Waals surface area contributed by atoms with Crippen LogP contribution in [0.1, 0.15) is 23.6 Å². The minimum atomic E-state index is -2.50. The van der Waals surface area contributed by atoms with E-state index in [2.05, 4.69) is 23.8 Å². The monoisotopic (exact) mass is 345 g/mol. The molecule has 4 nitrogen and oxygen atoms in total. The molecule has 0 aliphatic rings. The van der Waals surface area contributed by atoms with Gasteiger partial charge in [0.2, 0.25) is 0 Å². The van der Waals surface area contributed by atoms with Gasteiger partial charge in [0.15, 0.2) is 0 Å². The number of halogens is 2. The molecule has 0 spiro atoms. The molecule has 2 rings (SSSR count). The zero-order valence-corrected chi connectivity index (χ0v) is 14.2. The van der Waals surface area contributed by atoms with Crippen LogP contribution >= 0.6 is 0 Å². The van der Waals surface area contributed by atoms with Crippen molar-refractivity contribution in [2.24, 2.45) is 15.7 Å². The molecule has 0 aliphatic carbocycles. The van der Waals surface area contributed by atoms with Crippen molar-refractivity contribution in [2.75, 3.05) is 6.61 Å². The average Bonchev–Trinajstić information content (AvgIpc) is 2.61. The first-order valence-corrected chi connectivity index (χ1v) is 7.96. The highest BCUT2D eigenvalue weighted by Gasteiger charge is 2.03. The van der Waals surface area contributed by atoms with Crippen LogP contribution in [0.4, 0.5) is 14.5 Å². The van der Waals surface area contributed by atoms with E-state index in [4.69, 9.17) is 10.5 Å². The fourth-order valence-electron chi connectivity index (χ4n) is 2.23. The lowest BCUT2D eigenvalue weighted by Crippen LogP contribution is -2.13. The van der Waals surface area contributed by atoms with Crippen LogP contribution in [0, 0.1) is 6.92 Å². The van der Waals surface area contributed by atoms with E-state index < -0.39 is 13.0 Å². The molecule has 0 atom stereocenters. The number of amidine groups is 1. The van der Waals surface area contributed by atoms with Crippen LogP contribution < -0.4 is 10.5 Å². The number of aryl methyl sites for hydroxylation is 2. The third kappa shape index (κ3) is 5.67. The summed E-state index contributed by atoms with van der Waals surface area (Å²) in [7, 11) is 0. The smallest absolute Gasteiger partial charge is 0.272 e. The van der Waals surface area contributed by atoms with E-state index in [0.29, 0.717) is 17.3 Å². The Balaban J connectivity index is 2.02. The predicted molar refractivity (Wildman–Crippen MR) is 97.4 cm³/mol. The Bertz CT molecular complexity index is 756. The Kier molecular flexibility index (Phi) is 6.62. The second-order valence-electron chi connectivity index (χ2n) is 5.45. The fourth-order valence-corrected chi connectivity index (χ4v) is 2.23. The summed E-state index contributed by atoms with van der Waals surface area (Å²) in [5, 5.41) is 0. The number of rotatable bonds is 7. The lowest BCUT2D eigenvalue weighted by molar-refractivity contribution is 0.0819. The molecule has 0 fully saturated rings. The van der Waals surface area contributed by atoms with Gasteiger partial charge in [-0.1, -0.05) is 19.1 Å². The molecule has 0 radical (unpaired) electrons. The Morgan fingerprint density at radius 3 is 2.56 bits per heavy atom. The summed E-state index contributed by atoms with van der Waals surface area (Å²) in [6.45, 7) is 3.53. The molecule has 25 heavy (non-hydrogen) atoms. The summed E-state index contributed by atoms with van der Waals surface area (Å²) in [6, 6.07) is 12.4. The molecule has 0 unspecified atom stereocenters. The molecule has 132 valence electrons. The van der Waals surface area contributed by atoms with Gasteiger partial charge in [0.05, 0.1) is 5.69 Å². The highest BCUT2D eigenvalue weighted by Crippen LogP contribution is 2.18. The molecule has 2 N–H and O–H groups in total. The Morgan fingerprint density at radius 2 is 1.92 bits per heavy atom. The minimum Gasteiger partial charge on any atom is -0.488 e. The van der Waals surface area contributed by atoms with Gasteiger partial charge in [-0.25, -0.2) is 18.8 Å². The zero-order valence-electron chi connectivity index (χ0n) is 14.2. The predicted octanol–water partition coefficient (Wildman–Crippen LogP) is 4.27. The summed E-state index contributed by atoms with van der Waals surface area (Å²) >= 11 is 0. The maximum Gasteiger partial charge on any atom is 0.272 e. The van der Waals surface area contributed by atoms with E-state index in [0.717, 1.165) is 12.0 Å². The molecular weight excluding hydrogens is 324 g/mol. The summed E-state index contributed by atoms with van der Waals surface area (Å²) in [5.74, 6) is 0.754. The van der Waals surface area contributed by atoms with Crippen LogP contribution in [0.15, 0.2) is 52.4 Å². The van der Waals surface area contributed by atoms with Gasteiger partial charge in [0.1, 0.15) is 24.5 Å². The third-order valence-electron chi connectivity index (χ3n) is 3.64. The Labute approximate surface area is 146 Å². The molecule has 6 heteroatoms. The van der Waals surface area contributed by atoms with Crippen molar-refractivity contribution < 1.29 is 13.5 Å². The van der Waals surface area contributed by atoms with Crippen LogP contribution in [0.25, 0.3) is 0 Å². The van der Waals surface area contributed by atoms with Crippen LogP contribution in [-0.2, 0) is 6.42 Å². The number of alkyl halides is 2. The average molecular weight is 345 g/mol. The van der Waals surface area contributed by atoms with Crippen molar-refractivity contribution >= 4 is 17.9 Å². The number of hydrogen-bond acceptors (Lipinski definition) is 2. The number of hydrogen-bond donors (Lipinski definition) is 1. The van der Waals surface area contributed by atoms with Crippen LogP contribution in [0.2, 0.25) is 0 Å². The molecule has 0 saturated carbocycles. The van der Waals surface area contributed by atoms with Gasteiger partial charge >= 0.3 is 0 Å². The van der Waals surface area contributed by atoms with Crippen molar-refractivity contribution in [3.63, 3.8) is 0 Å². The van der Waals surface area contributed by atoms with Gasteiger partial charge in [0, 0.05) is 5.56 Å². The molecule has 0 saturated heterocycles. The van der Waals surface area contributed by atoms with E-state index in [1.54, 1.807) is 24.3 Å². The zero-order chi connectivity index (χ0) is 18.2. The maximum atomic E-state index is 12.1. The SMILES string of the molecule is CCc1cc(C(N)=NC=Nc2ccc(OCC(F)F)cc2)ccc1C. The first-order chi connectivity index (χ1) is 12.0. The normalized spacial score (nSPS) is 12.1. The molecule has 2 aromatic carbocycles. The standard InChI is InChI=1S/C19H21F2N3O/c1-3-14-10-15(5-4-13(14)2)19(22)24-12-23-16-6-8-17(9-7-16)25-11-18(20)21/h4-10,12,18H,3,11H2,1-2H3,(H2,22,23,24). The lowest BCUT2D eigenvalue weighted by atomic mass is 10.0. The van der Waals surface area contributed by atoms with Gasteiger partial charge in [-0.15, -0.1) is 0 Å². The largest absolute Gasteiger partial charge is 0.488 e. The van der Waals surface area contributed by atoms with Crippen molar-refractivity contribution in [1.29, 1.82) is 0 Å². The van der Waals surface area contributed by atoms with Crippen molar-refractivity contribution in [2.45, 2.75) is 26.7 Å². The number of benzene rings is 2. The third-order valence-corrected chi connectivity index (χ3v) is 3.64. The second-order valence-corrected chi connectivity index (χ2v) is 5.45. The van der Waals surface area contributed by atoms with Crippen molar-refractivity contribution in [1.82, 2.24) is 0 Å². The van der Waals surface area contributed by atoms with Crippen LogP contribution in [-0.4, -0.2) is 25.2 Å². The van der Waals surface area contributed by atoms with Crippen molar-refractivity contribution in [3.05, 3.63) is 59.2 Å². The molecule has 0 heterocycles. The first-order valence-electron chi connectivity index (χ1n) is 7.96. The fraction of sp³-hybridized carbons (Fsp3) is 0.263. The van der Waals surface area contributed by atoms with Gasteiger partial charge in [0.25, 0.3) is 6.43 Å². The number of aliphatic imine (C=N–C) groups is 2. The molecule has 0 amide bonds. The topological polar surface area (TPSA) is 60.0 Å². The second kappa shape index (κ2) is 8.92. The quantitative estimate of drug-likeness (QED) is 0.602. The molecule has 0 aliphatic heterocycles. The van der Waals surface area contributed by atoms with E-state index in [-0.39, 0.29) is 0 Å². The van der Waals surface area contributed by atoms with E-state index in [1.165, 1.54) is 17.5 Å². The van der Waals surface area contributed by atoms with Crippen LogP contribution in [0.3, 0.4) is 0 Å². The Hall–Kier alpha value is -2.76. The summed E-state index contributed by atoms with van der Waals surface area (Å²) in [5.41, 5.74) is 9.92. The van der Waals surface area contributed by atoms with Crippen LogP contribution in [0.5, 0.6) is 5.75 Å².